The fraction of sp³-hybridized carbons (Fsp3) is 0.476. The first kappa shape index (κ1) is 19.5. The number of hydrogen-bond acceptors (Lipinski definition) is 6. The van der Waals surface area contributed by atoms with E-state index >= 15 is 4.39 Å². The van der Waals surface area contributed by atoms with Crippen molar-refractivity contribution in [2.75, 3.05) is 25.0 Å². The van der Waals surface area contributed by atoms with Crippen molar-refractivity contribution in [3.8, 4) is 17.0 Å². The van der Waals surface area contributed by atoms with Gasteiger partial charge in [0.25, 0.3) is 0 Å². The Morgan fingerprint density at radius 1 is 1.40 bits per heavy atom. The van der Waals surface area contributed by atoms with E-state index in [0.717, 1.165) is 22.5 Å². The number of aryl methyl sites for hydroxylation is 1. The SMILES string of the molecule is Cc1nc2c3c(c(NCC4(F)CCNCC4)nn2c1-c1ccnc(Cl)c1)C[C@H](C)O3. The van der Waals surface area contributed by atoms with E-state index in [0.29, 0.717) is 54.7 Å². The number of nitrogens with one attached hydrogen (secondary N) is 2. The number of ether oxygens (including phenoxy) is 1. The smallest absolute Gasteiger partial charge is 0.197 e. The molecule has 158 valence electrons. The first-order chi connectivity index (χ1) is 14.4. The Morgan fingerprint density at radius 3 is 2.97 bits per heavy atom. The van der Waals surface area contributed by atoms with Crippen LogP contribution in [0.5, 0.6) is 5.75 Å². The van der Waals surface area contributed by atoms with E-state index in [1.807, 2.05) is 19.9 Å². The van der Waals surface area contributed by atoms with Gasteiger partial charge in [-0.2, -0.15) is 0 Å². The average Bonchev–Trinajstić information content (AvgIpc) is 3.26. The number of fused-ring (bicyclic) bond motifs is 3. The van der Waals surface area contributed by atoms with Crippen LogP contribution in [0, 0.1) is 6.92 Å². The third-order valence-electron chi connectivity index (χ3n) is 5.87. The predicted octanol–water partition coefficient (Wildman–Crippen LogP) is 3.58. The van der Waals surface area contributed by atoms with Crippen LogP contribution < -0.4 is 15.4 Å². The molecule has 9 heteroatoms. The number of nitrogens with zero attached hydrogens (tertiary/aromatic N) is 4. The molecule has 1 saturated heterocycles. The molecular weight excluding hydrogens is 407 g/mol. The molecule has 2 N–H and O–H groups in total. The Bertz CT molecular complexity index is 1110. The Kier molecular flexibility index (Phi) is 4.78. The molecular formula is C21H24ClFN6O. The maximum absolute atomic E-state index is 15.2. The number of imidazole rings is 1. The summed E-state index contributed by atoms with van der Waals surface area (Å²) >= 11 is 6.12. The van der Waals surface area contributed by atoms with Crippen molar-refractivity contribution < 1.29 is 9.13 Å². The van der Waals surface area contributed by atoms with Crippen molar-refractivity contribution >= 4 is 23.1 Å². The number of halogens is 2. The zero-order valence-corrected chi connectivity index (χ0v) is 17.8. The van der Waals surface area contributed by atoms with Crippen LogP contribution in [-0.4, -0.2) is 51.0 Å². The first-order valence-electron chi connectivity index (χ1n) is 10.3. The van der Waals surface area contributed by atoms with Crippen molar-refractivity contribution in [1.82, 2.24) is 24.9 Å². The Labute approximate surface area is 179 Å². The standard InChI is InChI=1S/C21H24ClFN6O/c1-12-9-15-18(30-12)20-27-13(2)17(14-3-6-25-16(22)10-14)29(20)28-19(15)26-11-21(23)4-7-24-8-5-21/h3,6,10,12,24H,4-5,7-9,11H2,1-2H3,(H,26,28)/t12-/m0/s1. The van der Waals surface area contributed by atoms with Crippen LogP contribution >= 0.6 is 11.6 Å². The number of piperidine rings is 1. The average molecular weight is 431 g/mol. The number of hydrogen-bond donors (Lipinski definition) is 2. The molecule has 3 aromatic heterocycles. The lowest BCUT2D eigenvalue weighted by Gasteiger charge is -2.30. The molecule has 1 fully saturated rings. The molecule has 2 aliphatic rings. The van der Waals surface area contributed by atoms with E-state index in [-0.39, 0.29) is 12.6 Å². The highest BCUT2D eigenvalue weighted by Crippen LogP contribution is 2.39. The third-order valence-corrected chi connectivity index (χ3v) is 6.08. The van der Waals surface area contributed by atoms with Gasteiger partial charge in [0.1, 0.15) is 16.9 Å². The summed E-state index contributed by atoms with van der Waals surface area (Å²) in [5.41, 5.74) is 2.87. The van der Waals surface area contributed by atoms with Crippen molar-refractivity contribution in [3.05, 3.63) is 34.7 Å². The number of pyridine rings is 1. The lowest BCUT2D eigenvalue weighted by atomic mass is 9.94. The second kappa shape index (κ2) is 7.35. The molecule has 0 spiro atoms. The molecule has 3 aromatic rings. The molecule has 0 aliphatic carbocycles. The van der Waals surface area contributed by atoms with Gasteiger partial charge in [-0.25, -0.2) is 18.9 Å². The highest BCUT2D eigenvalue weighted by molar-refractivity contribution is 6.29. The zero-order valence-electron chi connectivity index (χ0n) is 17.0. The molecule has 1 atom stereocenters. The minimum absolute atomic E-state index is 0.0163. The van der Waals surface area contributed by atoms with E-state index in [1.54, 1.807) is 16.8 Å². The van der Waals surface area contributed by atoms with Gasteiger partial charge in [0.15, 0.2) is 17.2 Å². The van der Waals surface area contributed by atoms with Gasteiger partial charge in [-0.1, -0.05) is 11.6 Å². The summed E-state index contributed by atoms with van der Waals surface area (Å²) in [7, 11) is 0. The summed E-state index contributed by atoms with van der Waals surface area (Å²) in [6, 6.07) is 3.66. The zero-order chi connectivity index (χ0) is 20.9. The van der Waals surface area contributed by atoms with Gasteiger partial charge < -0.3 is 15.4 Å². The number of aromatic nitrogens is 4. The lowest BCUT2D eigenvalue weighted by Crippen LogP contribution is -2.43. The molecule has 7 nitrogen and oxygen atoms in total. The van der Waals surface area contributed by atoms with Gasteiger partial charge in [0, 0.05) is 23.7 Å². The van der Waals surface area contributed by atoms with Crippen molar-refractivity contribution in [2.45, 2.75) is 44.9 Å². The quantitative estimate of drug-likeness (QED) is 0.616. The first-order valence-corrected chi connectivity index (χ1v) is 10.7. The Hall–Kier alpha value is -2.45. The largest absolute Gasteiger partial charge is 0.486 e. The molecule has 0 saturated carbocycles. The van der Waals surface area contributed by atoms with E-state index < -0.39 is 5.67 Å². The number of rotatable bonds is 4. The summed E-state index contributed by atoms with van der Waals surface area (Å²) in [6.45, 7) is 5.55. The fourth-order valence-corrected chi connectivity index (χ4v) is 4.50. The van der Waals surface area contributed by atoms with Crippen molar-refractivity contribution in [2.24, 2.45) is 0 Å². The topological polar surface area (TPSA) is 76.4 Å². The van der Waals surface area contributed by atoms with Crippen LogP contribution in [0.1, 0.15) is 31.0 Å². The van der Waals surface area contributed by atoms with E-state index in [1.165, 1.54) is 0 Å². The van der Waals surface area contributed by atoms with E-state index in [4.69, 9.17) is 26.4 Å². The molecule has 0 bridgehead atoms. The van der Waals surface area contributed by atoms with Crippen LogP contribution in [0.4, 0.5) is 10.2 Å². The number of anilines is 1. The van der Waals surface area contributed by atoms with Crippen LogP contribution in [0.15, 0.2) is 18.3 Å². The highest BCUT2D eigenvalue weighted by atomic mass is 35.5. The molecule has 0 unspecified atom stereocenters. The van der Waals surface area contributed by atoms with Gasteiger partial charge in [0.05, 0.1) is 17.9 Å². The van der Waals surface area contributed by atoms with E-state index in [9.17, 15) is 0 Å². The fourth-order valence-electron chi connectivity index (χ4n) is 4.33. The minimum atomic E-state index is -1.24. The molecule has 0 radical (unpaired) electrons. The molecule has 0 amide bonds. The molecule has 30 heavy (non-hydrogen) atoms. The van der Waals surface area contributed by atoms with Crippen LogP contribution in [0.2, 0.25) is 5.15 Å². The molecule has 0 aromatic carbocycles. The van der Waals surface area contributed by atoms with Crippen LogP contribution in [0.25, 0.3) is 16.9 Å². The third kappa shape index (κ3) is 3.37. The predicted molar refractivity (Wildman–Crippen MR) is 114 cm³/mol. The molecule has 2 aliphatic heterocycles. The van der Waals surface area contributed by atoms with Gasteiger partial charge in [-0.3, -0.25) is 0 Å². The Morgan fingerprint density at radius 2 is 2.20 bits per heavy atom. The van der Waals surface area contributed by atoms with Crippen LogP contribution in [0.3, 0.4) is 0 Å². The van der Waals surface area contributed by atoms with Gasteiger partial charge >= 0.3 is 0 Å². The van der Waals surface area contributed by atoms with Crippen LogP contribution in [-0.2, 0) is 6.42 Å². The maximum Gasteiger partial charge on any atom is 0.197 e. The van der Waals surface area contributed by atoms with Gasteiger partial charge in [-0.15, -0.1) is 5.10 Å². The summed E-state index contributed by atoms with van der Waals surface area (Å²) in [5.74, 6) is 1.36. The summed E-state index contributed by atoms with van der Waals surface area (Å²) in [4.78, 5) is 8.80. The van der Waals surface area contributed by atoms with Crippen molar-refractivity contribution in [1.29, 1.82) is 0 Å². The van der Waals surface area contributed by atoms with Gasteiger partial charge in [0.2, 0.25) is 0 Å². The minimum Gasteiger partial charge on any atom is -0.486 e. The molecule has 5 heterocycles. The summed E-state index contributed by atoms with van der Waals surface area (Å²) < 4.78 is 23.1. The maximum atomic E-state index is 15.2. The normalized spacial score (nSPS) is 20.2. The van der Waals surface area contributed by atoms with Crippen molar-refractivity contribution in [3.63, 3.8) is 0 Å². The summed E-state index contributed by atoms with van der Waals surface area (Å²) in [5, 5.41) is 11.7. The highest BCUT2D eigenvalue weighted by Gasteiger charge is 2.34. The lowest BCUT2D eigenvalue weighted by molar-refractivity contribution is 0.131. The van der Waals surface area contributed by atoms with Gasteiger partial charge in [-0.05, 0) is 51.9 Å². The summed E-state index contributed by atoms with van der Waals surface area (Å²) in [6.07, 6.45) is 3.36. The number of alkyl halides is 1. The molecule has 5 rings (SSSR count). The second-order valence-corrected chi connectivity index (χ2v) is 8.58. The Balaban J connectivity index is 1.60. The monoisotopic (exact) mass is 430 g/mol. The second-order valence-electron chi connectivity index (χ2n) is 8.19. The van der Waals surface area contributed by atoms with E-state index in [2.05, 4.69) is 15.6 Å².